The van der Waals surface area contributed by atoms with Crippen molar-refractivity contribution in [2.45, 2.75) is 128 Å². The number of rotatable bonds is 24. The number of amides is 2. The molecule has 0 aliphatic rings. The van der Waals surface area contributed by atoms with Crippen LogP contribution in [0.5, 0.6) is 0 Å². The molecule has 2 aromatic carbocycles. The quantitative estimate of drug-likeness (QED) is 0.0741. The molecular weight excluding hydrogens is 606 g/mol. The molecule has 0 aliphatic carbocycles. The Morgan fingerprint density at radius 3 is 2.06 bits per heavy atom. The maximum Gasteiger partial charge on any atom is 0.328 e. The van der Waals surface area contributed by atoms with Crippen molar-refractivity contribution in [1.29, 1.82) is 0 Å². The minimum absolute atomic E-state index is 0.0597. The van der Waals surface area contributed by atoms with Gasteiger partial charge in [-0.05, 0) is 42.7 Å². The van der Waals surface area contributed by atoms with Gasteiger partial charge in [0.1, 0.15) is 24.4 Å². The Labute approximate surface area is 285 Å². The second-order valence-corrected chi connectivity index (χ2v) is 12.5. The van der Waals surface area contributed by atoms with E-state index in [2.05, 4.69) is 17.2 Å². The molecule has 0 radical (unpaired) electrons. The number of aromatic nitrogens is 1. The highest BCUT2D eigenvalue weighted by atomic mass is 16.5. The zero-order valence-electron chi connectivity index (χ0n) is 28.5. The van der Waals surface area contributed by atoms with Crippen molar-refractivity contribution >= 4 is 34.5 Å². The molecule has 1 heterocycles. The van der Waals surface area contributed by atoms with Gasteiger partial charge in [0.15, 0.2) is 0 Å². The number of fused-ring (bicyclic) bond motifs is 1. The second kappa shape index (κ2) is 22.3. The zero-order chi connectivity index (χ0) is 34.4. The molecule has 260 valence electrons. The molecule has 0 spiro atoms. The Hall–Kier alpha value is -4.27. The van der Waals surface area contributed by atoms with Gasteiger partial charge in [0.2, 0.25) is 5.91 Å². The number of primary amides is 1. The van der Waals surface area contributed by atoms with E-state index in [0.29, 0.717) is 6.42 Å². The van der Waals surface area contributed by atoms with E-state index >= 15 is 0 Å². The predicted molar refractivity (Wildman–Crippen MR) is 188 cm³/mol. The number of unbranched alkanes of at least 4 members (excludes halogenated alkanes) is 10. The average Bonchev–Trinajstić information content (AvgIpc) is 3.09. The van der Waals surface area contributed by atoms with Crippen LogP contribution in [0.3, 0.4) is 0 Å². The summed E-state index contributed by atoms with van der Waals surface area (Å²) in [5, 5.41) is 4.48. The number of benzene rings is 2. The van der Waals surface area contributed by atoms with Gasteiger partial charge >= 0.3 is 11.9 Å². The zero-order valence-corrected chi connectivity index (χ0v) is 28.5. The first-order chi connectivity index (χ1) is 23.4. The van der Waals surface area contributed by atoms with Crippen LogP contribution >= 0.6 is 0 Å². The number of hydrogen-bond acceptors (Lipinski definition) is 7. The van der Waals surface area contributed by atoms with Gasteiger partial charge in [-0.3, -0.25) is 19.4 Å². The van der Waals surface area contributed by atoms with Crippen LogP contribution in [-0.2, 0) is 30.5 Å². The van der Waals surface area contributed by atoms with Gasteiger partial charge in [-0.25, -0.2) is 4.79 Å². The van der Waals surface area contributed by atoms with Crippen LogP contribution in [0.2, 0.25) is 0 Å². The van der Waals surface area contributed by atoms with Crippen molar-refractivity contribution in [3.8, 4) is 0 Å². The van der Waals surface area contributed by atoms with E-state index in [0.717, 1.165) is 35.6 Å². The Kier molecular flexibility index (Phi) is 17.8. The van der Waals surface area contributed by atoms with Crippen molar-refractivity contribution in [2.24, 2.45) is 5.73 Å². The minimum atomic E-state index is -1.06. The Bertz CT molecular complexity index is 1410. The molecule has 0 aliphatic heterocycles. The van der Waals surface area contributed by atoms with Crippen LogP contribution in [0.4, 0.5) is 0 Å². The van der Waals surface area contributed by atoms with Gasteiger partial charge in [-0.1, -0.05) is 126 Å². The Morgan fingerprint density at radius 1 is 0.771 bits per heavy atom. The van der Waals surface area contributed by atoms with E-state index in [-0.39, 0.29) is 38.0 Å². The molecule has 9 nitrogen and oxygen atoms in total. The summed E-state index contributed by atoms with van der Waals surface area (Å²) in [6, 6.07) is 17.5. The topological polar surface area (TPSA) is 138 Å². The Balaban J connectivity index is 1.54. The Morgan fingerprint density at radius 2 is 1.40 bits per heavy atom. The maximum atomic E-state index is 13.5. The lowest BCUT2D eigenvalue weighted by Gasteiger charge is -2.22. The number of carbonyl (C=O) groups is 4. The molecule has 48 heavy (non-hydrogen) atoms. The summed E-state index contributed by atoms with van der Waals surface area (Å²) in [6.07, 6.45) is 14.8. The first-order valence-corrected chi connectivity index (χ1v) is 17.7. The largest absolute Gasteiger partial charge is 0.461 e. The molecule has 2 amide bonds. The maximum absolute atomic E-state index is 13.5. The lowest BCUT2D eigenvalue weighted by atomic mass is 10.0. The SMILES string of the molecule is CCCCCCCCCCCCC[C@@H](CC(N)=O)OC(=O)[C@H](CCCC(=O)OCc1ccccc1)NC(=O)c1cc2ccccc2cn1. The van der Waals surface area contributed by atoms with E-state index in [9.17, 15) is 19.2 Å². The van der Waals surface area contributed by atoms with Crippen LogP contribution in [0, 0.1) is 0 Å². The molecule has 3 rings (SSSR count). The molecule has 2 atom stereocenters. The molecule has 3 aromatic rings. The number of hydrogen-bond donors (Lipinski definition) is 2. The molecule has 0 saturated heterocycles. The van der Waals surface area contributed by atoms with Crippen LogP contribution in [0.1, 0.15) is 126 Å². The predicted octanol–water partition coefficient (Wildman–Crippen LogP) is 7.74. The molecule has 1 aromatic heterocycles. The highest BCUT2D eigenvalue weighted by molar-refractivity contribution is 5.98. The number of nitrogens with two attached hydrogens (primary N) is 1. The third-order valence-corrected chi connectivity index (χ3v) is 8.41. The standard InChI is InChI=1S/C39H53N3O6/c1-2-3-4-5-6-7-8-9-10-11-15-23-33(27-36(40)43)48-39(46)34(24-18-25-37(44)47-29-30-19-13-12-14-20-30)42-38(45)35-26-31-21-16-17-22-32(31)28-41-35/h12-14,16-17,19-22,26,28,33-34H,2-11,15,18,23-25,27,29H2,1H3,(H2,40,43)(H,42,45)/t33-,34-/m0/s1. The average molecular weight is 660 g/mol. The fraction of sp³-hybridized carbons (Fsp3) is 0.513. The lowest BCUT2D eigenvalue weighted by Crippen LogP contribution is -2.43. The number of pyridine rings is 1. The van der Waals surface area contributed by atoms with Crippen molar-refractivity contribution in [3.63, 3.8) is 0 Å². The molecule has 3 N–H and O–H groups in total. The second-order valence-electron chi connectivity index (χ2n) is 12.5. The molecular formula is C39H53N3O6. The van der Waals surface area contributed by atoms with Crippen molar-refractivity contribution in [2.75, 3.05) is 0 Å². The van der Waals surface area contributed by atoms with E-state index in [1.165, 1.54) is 51.4 Å². The van der Waals surface area contributed by atoms with Gasteiger partial charge < -0.3 is 20.5 Å². The van der Waals surface area contributed by atoms with Gasteiger partial charge in [0, 0.05) is 18.0 Å². The summed E-state index contributed by atoms with van der Waals surface area (Å²) in [5.74, 6) is -2.17. The summed E-state index contributed by atoms with van der Waals surface area (Å²) in [6.45, 7) is 2.38. The van der Waals surface area contributed by atoms with E-state index in [4.69, 9.17) is 15.2 Å². The number of nitrogens with zero attached hydrogens (tertiary/aromatic N) is 1. The summed E-state index contributed by atoms with van der Waals surface area (Å²) in [5.41, 5.74) is 6.53. The van der Waals surface area contributed by atoms with Crippen LogP contribution in [0.15, 0.2) is 66.9 Å². The van der Waals surface area contributed by atoms with Gasteiger partial charge in [-0.15, -0.1) is 0 Å². The van der Waals surface area contributed by atoms with Crippen LogP contribution in [-0.4, -0.2) is 40.9 Å². The van der Waals surface area contributed by atoms with Crippen molar-refractivity contribution in [3.05, 3.63) is 78.1 Å². The summed E-state index contributed by atoms with van der Waals surface area (Å²) in [7, 11) is 0. The highest BCUT2D eigenvalue weighted by Gasteiger charge is 2.27. The van der Waals surface area contributed by atoms with E-state index in [1.54, 1.807) is 12.3 Å². The number of carbonyl (C=O) groups excluding carboxylic acids is 4. The van der Waals surface area contributed by atoms with Gasteiger partial charge in [-0.2, -0.15) is 0 Å². The highest BCUT2D eigenvalue weighted by Crippen LogP contribution is 2.18. The van der Waals surface area contributed by atoms with Gasteiger partial charge in [0.05, 0.1) is 6.42 Å². The molecule has 0 fully saturated rings. The number of ether oxygens (including phenoxy) is 2. The fourth-order valence-electron chi connectivity index (χ4n) is 5.66. The van der Waals surface area contributed by atoms with Crippen LogP contribution in [0.25, 0.3) is 10.8 Å². The van der Waals surface area contributed by atoms with E-state index < -0.39 is 35.9 Å². The molecule has 0 bridgehead atoms. The van der Waals surface area contributed by atoms with Gasteiger partial charge in [0.25, 0.3) is 5.91 Å². The third-order valence-electron chi connectivity index (χ3n) is 8.41. The van der Waals surface area contributed by atoms with Crippen LogP contribution < -0.4 is 11.1 Å². The van der Waals surface area contributed by atoms with E-state index in [1.807, 2.05) is 54.6 Å². The monoisotopic (exact) mass is 659 g/mol. The molecule has 0 saturated carbocycles. The molecule has 9 heteroatoms. The summed E-state index contributed by atoms with van der Waals surface area (Å²) in [4.78, 5) is 55.3. The first kappa shape index (κ1) is 38.2. The lowest BCUT2D eigenvalue weighted by molar-refractivity contribution is -0.153. The van der Waals surface area contributed by atoms with Crippen molar-refractivity contribution < 1.29 is 28.7 Å². The smallest absolute Gasteiger partial charge is 0.328 e. The first-order valence-electron chi connectivity index (χ1n) is 17.7. The van der Waals surface area contributed by atoms with Crippen molar-refractivity contribution in [1.82, 2.24) is 10.3 Å². The number of esters is 2. The summed E-state index contributed by atoms with van der Waals surface area (Å²) < 4.78 is 11.2. The third kappa shape index (κ3) is 15.1. The summed E-state index contributed by atoms with van der Waals surface area (Å²) >= 11 is 0. The molecule has 0 unspecified atom stereocenters. The normalized spacial score (nSPS) is 12.3. The number of nitrogens with one attached hydrogen (secondary N) is 1. The fourth-order valence-corrected chi connectivity index (χ4v) is 5.66. The minimum Gasteiger partial charge on any atom is -0.461 e.